The Morgan fingerprint density at radius 3 is 2.95 bits per heavy atom. The molecule has 0 bridgehead atoms. The molecule has 8 heteroatoms. The molecule has 0 radical (unpaired) electrons. The van der Waals surface area contributed by atoms with Crippen LogP contribution in [0.5, 0.6) is 0 Å². The molecule has 2 aliphatic rings. The van der Waals surface area contributed by atoms with Crippen LogP contribution < -0.4 is 5.32 Å². The van der Waals surface area contributed by atoms with Crippen LogP contribution in [0.4, 0.5) is 4.79 Å². The number of likely N-dealkylation sites (tertiary alicyclic amines) is 1. The van der Waals surface area contributed by atoms with Crippen molar-refractivity contribution in [2.45, 2.75) is 12.1 Å². The van der Waals surface area contributed by atoms with Gasteiger partial charge in [0.2, 0.25) is 11.8 Å². The molecule has 2 saturated heterocycles. The Morgan fingerprint density at radius 1 is 1.41 bits per heavy atom. The molecule has 0 atom stereocenters. The molecule has 2 aliphatic heterocycles. The quantitative estimate of drug-likeness (QED) is 0.879. The maximum atomic E-state index is 11.6. The van der Waals surface area contributed by atoms with Gasteiger partial charge < -0.3 is 14.6 Å². The third-order valence-electron chi connectivity index (χ3n) is 4.35. The summed E-state index contributed by atoms with van der Waals surface area (Å²) in [5, 5.41) is 11.0. The van der Waals surface area contributed by atoms with Crippen LogP contribution in [-0.4, -0.2) is 63.2 Å². The van der Waals surface area contributed by atoms with Crippen LogP contribution in [0.15, 0.2) is 28.9 Å². The van der Waals surface area contributed by atoms with Crippen LogP contribution in [0.1, 0.15) is 5.89 Å². The standard InChI is InChI=1S/C14H16N6O2/c1-19-13(21)16-7-14(19)8-20(9-14)6-11-17-18-12(22-11)10-3-2-4-15-5-10/h2-5H,6-9H2,1H3,(H,16,21). The van der Waals surface area contributed by atoms with E-state index in [1.807, 2.05) is 19.2 Å². The first-order valence-corrected chi connectivity index (χ1v) is 7.13. The van der Waals surface area contributed by atoms with Gasteiger partial charge >= 0.3 is 6.03 Å². The van der Waals surface area contributed by atoms with E-state index in [0.717, 1.165) is 18.7 Å². The number of likely N-dealkylation sites (N-methyl/N-ethyl adjacent to an activating group) is 1. The number of nitrogens with one attached hydrogen (secondary N) is 1. The van der Waals surface area contributed by atoms with Crippen molar-refractivity contribution in [2.24, 2.45) is 0 Å². The highest BCUT2D eigenvalue weighted by molar-refractivity contribution is 5.78. The molecule has 4 heterocycles. The van der Waals surface area contributed by atoms with Crippen molar-refractivity contribution in [3.05, 3.63) is 30.4 Å². The molecule has 0 saturated carbocycles. The maximum Gasteiger partial charge on any atom is 0.317 e. The first kappa shape index (κ1) is 13.2. The Kier molecular flexibility index (Phi) is 2.86. The fourth-order valence-electron chi connectivity index (χ4n) is 3.03. The van der Waals surface area contributed by atoms with E-state index in [1.54, 1.807) is 17.3 Å². The average Bonchev–Trinajstić information content (AvgIpc) is 3.08. The van der Waals surface area contributed by atoms with E-state index < -0.39 is 0 Å². The third-order valence-corrected chi connectivity index (χ3v) is 4.35. The number of hydrogen-bond donors (Lipinski definition) is 1. The zero-order chi connectivity index (χ0) is 15.2. The Bertz CT molecular complexity index is 694. The normalized spacial score (nSPS) is 20.2. The minimum absolute atomic E-state index is 0.00342. The number of urea groups is 1. The number of rotatable bonds is 3. The van der Waals surface area contributed by atoms with Crippen molar-refractivity contribution < 1.29 is 9.21 Å². The zero-order valence-corrected chi connectivity index (χ0v) is 12.2. The Labute approximate surface area is 127 Å². The highest BCUT2D eigenvalue weighted by Crippen LogP contribution is 2.31. The lowest BCUT2D eigenvalue weighted by Gasteiger charge is -2.50. The van der Waals surface area contributed by atoms with Crippen molar-refractivity contribution in [1.29, 1.82) is 0 Å². The van der Waals surface area contributed by atoms with Gasteiger partial charge in [-0.25, -0.2) is 4.79 Å². The SMILES string of the molecule is CN1C(=O)NCC12CN(Cc1nnc(-c3cccnc3)o1)C2. The molecule has 114 valence electrons. The van der Waals surface area contributed by atoms with E-state index >= 15 is 0 Å². The molecule has 2 fully saturated rings. The summed E-state index contributed by atoms with van der Waals surface area (Å²) in [5.41, 5.74) is 0.732. The van der Waals surface area contributed by atoms with Gasteiger partial charge in [-0.05, 0) is 12.1 Å². The van der Waals surface area contributed by atoms with Gasteiger partial charge in [-0.2, -0.15) is 0 Å². The number of amides is 2. The van der Waals surface area contributed by atoms with E-state index in [-0.39, 0.29) is 11.6 Å². The van der Waals surface area contributed by atoms with Crippen LogP contribution >= 0.6 is 0 Å². The van der Waals surface area contributed by atoms with Gasteiger partial charge in [0.05, 0.1) is 17.6 Å². The van der Waals surface area contributed by atoms with E-state index in [0.29, 0.717) is 24.9 Å². The molecule has 8 nitrogen and oxygen atoms in total. The number of aromatic nitrogens is 3. The second kappa shape index (κ2) is 4.77. The lowest BCUT2D eigenvalue weighted by molar-refractivity contribution is -0.00574. The minimum atomic E-state index is -0.0801. The second-order valence-electron chi connectivity index (χ2n) is 5.83. The molecule has 2 aromatic rings. The van der Waals surface area contributed by atoms with E-state index in [9.17, 15) is 4.79 Å². The lowest BCUT2D eigenvalue weighted by atomic mass is 9.89. The molecular weight excluding hydrogens is 284 g/mol. The van der Waals surface area contributed by atoms with Gasteiger partial charge in [0, 0.05) is 39.1 Å². The summed E-state index contributed by atoms with van der Waals surface area (Å²) >= 11 is 0. The first-order chi connectivity index (χ1) is 10.7. The van der Waals surface area contributed by atoms with Gasteiger partial charge in [0.1, 0.15) is 0 Å². The van der Waals surface area contributed by atoms with Crippen molar-refractivity contribution in [3.63, 3.8) is 0 Å². The highest BCUT2D eigenvalue weighted by atomic mass is 16.4. The maximum absolute atomic E-state index is 11.6. The van der Waals surface area contributed by atoms with Crippen molar-refractivity contribution >= 4 is 6.03 Å². The van der Waals surface area contributed by atoms with Crippen LogP contribution in [-0.2, 0) is 6.54 Å². The summed E-state index contributed by atoms with van der Waals surface area (Å²) in [7, 11) is 1.84. The molecule has 1 N–H and O–H groups in total. The molecule has 2 aromatic heterocycles. The topological polar surface area (TPSA) is 87.4 Å². The Morgan fingerprint density at radius 2 is 2.27 bits per heavy atom. The number of carbonyl (C=O) groups is 1. The van der Waals surface area contributed by atoms with E-state index in [1.165, 1.54) is 0 Å². The van der Waals surface area contributed by atoms with Crippen molar-refractivity contribution in [2.75, 3.05) is 26.7 Å². The molecule has 0 aliphatic carbocycles. The molecule has 0 unspecified atom stereocenters. The summed E-state index contributed by atoms with van der Waals surface area (Å²) in [4.78, 5) is 19.6. The Hall–Kier alpha value is -2.48. The van der Waals surface area contributed by atoms with Crippen molar-refractivity contribution in [3.8, 4) is 11.5 Å². The third kappa shape index (κ3) is 2.03. The van der Waals surface area contributed by atoms with Crippen molar-refractivity contribution in [1.82, 2.24) is 30.3 Å². The summed E-state index contributed by atoms with van der Waals surface area (Å²) in [6.07, 6.45) is 3.40. The van der Waals surface area contributed by atoms with E-state index in [4.69, 9.17) is 4.42 Å². The number of nitrogens with zero attached hydrogens (tertiary/aromatic N) is 5. The van der Waals surface area contributed by atoms with Crippen LogP contribution in [0.2, 0.25) is 0 Å². The molecule has 0 aromatic carbocycles. The average molecular weight is 300 g/mol. The van der Waals surface area contributed by atoms with Gasteiger partial charge in [-0.1, -0.05) is 0 Å². The summed E-state index contributed by atoms with van der Waals surface area (Å²) in [6, 6.07) is 3.71. The predicted octanol–water partition coefficient (Wildman–Crippen LogP) is 0.341. The summed E-state index contributed by atoms with van der Waals surface area (Å²) in [6.45, 7) is 2.92. The highest BCUT2D eigenvalue weighted by Gasteiger charge is 2.52. The van der Waals surface area contributed by atoms with Crippen LogP contribution in [0, 0.1) is 0 Å². The summed E-state index contributed by atoms with van der Waals surface area (Å²) in [5.74, 6) is 1.06. The monoisotopic (exact) mass is 300 g/mol. The smallest absolute Gasteiger partial charge is 0.317 e. The molecule has 22 heavy (non-hydrogen) atoms. The zero-order valence-electron chi connectivity index (χ0n) is 12.2. The molecule has 2 amide bonds. The van der Waals surface area contributed by atoms with Gasteiger partial charge in [-0.15, -0.1) is 10.2 Å². The number of pyridine rings is 1. The largest absolute Gasteiger partial charge is 0.419 e. The molecular formula is C14H16N6O2. The predicted molar refractivity (Wildman–Crippen MR) is 76.7 cm³/mol. The van der Waals surface area contributed by atoms with Gasteiger partial charge in [-0.3, -0.25) is 9.88 Å². The fourth-order valence-corrected chi connectivity index (χ4v) is 3.03. The first-order valence-electron chi connectivity index (χ1n) is 7.13. The van der Waals surface area contributed by atoms with E-state index in [2.05, 4.69) is 25.4 Å². The fraction of sp³-hybridized carbons (Fsp3) is 0.429. The second-order valence-corrected chi connectivity index (χ2v) is 5.83. The number of carbonyl (C=O) groups excluding carboxylic acids is 1. The van der Waals surface area contributed by atoms with Gasteiger partial charge in [0.15, 0.2) is 0 Å². The minimum Gasteiger partial charge on any atom is -0.419 e. The number of hydrogen-bond acceptors (Lipinski definition) is 6. The lowest BCUT2D eigenvalue weighted by Crippen LogP contribution is -2.68. The van der Waals surface area contributed by atoms with Gasteiger partial charge in [0.25, 0.3) is 0 Å². The molecule has 1 spiro atoms. The van der Waals surface area contributed by atoms with Crippen LogP contribution in [0.25, 0.3) is 11.5 Å². The van der Waals surface area contributed by atoms with Crippen LogP contribution in [0.3, 0.4) is 0 Å². The molecule has 4 rings (SSSR count). The summed E-state index contributed by atoms with van der Waals surface area (Å²) < 4.78 is 5.68. The Balaban J connectivity index is 1.40.